The maximum Gasteiger partial charge on any atom is 0.123 e. The van der Waals surface area contributed by atoms with Crippen LogP contribution in [0.4, 0.5) is 4.39 Å². The van der Waals surface area contributed by atoms with Gasteiger partial charge in [0.25, 0.3) is 0 Å². The van der Waals surface area contributed by atoms with E-state index in [0.29, 0.717) is 5.92 Å². The third-order valence-corrected chi connectivity index (χ3v) is 3.81. The fraction of sp³-hybridized carbons (Fsp3) is 0.400. The number of halogens is 1. The van der Waals surface area contributed by atoms with Gasteiger partial charge in [0.2, 0.25) is 0 Å². The Balaban J connectivity index is 1.80. The number of aromatic nitrogens is 2. The Hall–Kier alpha value is -1.68. The predicted molar refractivity (Wildman–Crippen MR) is 71.2 cm³/mol. The maximum absolute atomic E-state index is 13.2. The van der Waals surface area contributed by atoms with Crippen LogP contribution in [-0.2, 0) is 0 Å². The van der Waals surface area contributed by atoms with Crippen LogP contribution >= 0.6 is 0 Å². The fourth-order valence-corrected chi connectivity index (χ4v) is 2.70. The number of H-pyrrole nitrogens is 1. The largest absolute Gasteiger partial charge is 0.393 e. The minimum atomic E-state index is -0.241. The highest BCUT2D eigenvalue weighted by atomic mass is 19.1. The summed E-state index contributed by atoms with van der Waals surface area (Å²) in [6.07, 6.45) is 5.18. The van der Waals surface area contributed by atoms with Crippen LogP contribution in [0.25, 0.3) is 11.3 Å². The highest BCUT2D eigenvalue weighted by Crippen LogP contribution is 2.32. The fourth-order valence-electron chi connectivity index (χ4n) is 2.70. The van der Waals surface area contributed by atoms with Crippen LogP contribution in [0.15, 0.2) is 30.5 Å². The number of hydrogen-bond donors (Lipinski definition) is 2. The van der Waals surface area contributed by atoms with Crippen LogP contribution in [-0.4, -0.2) is 21.2 Å². The van der Waals surface area contributed by atoms with Gasteiger partial charge in [-0.2, -0.15) is 0 Å². The summed E-state index contributed by atoms with van der Waals surface area (Å²) in [6, 6.07) is 6.50. The highest BCUT2D eigenvalue weighted by Gasteiger charge is 2.23. The van der Waals surface area contributed by atoms with E-state index in [1.807, 2.05) is 6.07 Å². The molecule has 0 aliphatic heterocycles. The van der Waals surface area contributed by atoms with Crippen molar-refractivity contribution in [2.45, 2.75) is 37.7 Å². The number of nitrogens with zero attached hydrogens (tertiary/aromatic N) is 1. The zero-order chi connectivity index (χ0) is 13.2. The minimum absolute atomic E-state index is 0.158. The van der Waals surface area contributed by atoms with Crippen LogP contribution in [0.2, 0.25) is 0 Å². The van der Waals surface area contributed by atoms with Gasteiger partial charge in [0.05, 0.1) is 18.0 Å². The lowest BCUT2D eigenvalue weighted by molar-refractivity contribution is 0.121. The second-order valence-electron chi connectivity index (χ2n) is 5.20. The van der Waals surface area contributed by atoms with Crippen molar-refractivity contribution in [3.05, 3.63) is 42.1 Å². The summed E-state index contributed by atoms with van der Waals surface area (Å²) in [5.41, 5.74) is 1.66. The molecule has 1 aromatic heterocycles. The third kappa shape index (κ3) is 2.68. The quantitative estimate of drug-likeness (QED) is 0.871. The Morgan fingerprint density at radius 3 is 2.74 bits per heavy atom. The number of benzene rings is 1. The Morgan fingerprint density at radius 1 is 1.21 bits per heavy atom. The molecule has 1 aromatic carbocycles. The van der Waals surface area contributed by atoms with Gasteiger partial charge in [-0.15, -0.1) is 0 Å². The third-order valence-electron chi connectivity index (χ3n) is 3.81. The van der Waals surface area contributed by atoms with Gasteiger partial charge >= 0.3 is 0 Å². The molecule has 1 heterocycles. The van der Waals surface area contributed by atoms with Crippen molar-refractivity contribution in [2.24, 2.45) is 0 Å². The van der Waals surface area contributed by atoms with E-state index in [1.165, 1.54) is 12.1 Å². The molecule has 2 aromatic rings. The summed E-state index contributed by atoms with van der Waals surface area (Å²) in [5.74, 6) is 1.09. The minimum Gasteiger partial charge on any atom is -0.393 e. The van der Waals surface area contributed by atoms with E-state index < -0.39 is 0 Å². The number of aromatic amines is 1. The topological polar surface area (TPSA) is 48.9 Å². The van der Waals surface area contributed by atoms with E-state index in [9.17, 15) is 9.50 Å². The van der Waals surface area contributed by atoms with Gasteiger partial charge < -0.3 is 10.1 Å². The Labute approximate surface area is 111 Å². The summed E-state index contributed by atoms with van der Waals surface area (Å²) < 4.78 is 13.2. The van der Waals surface area contributed by atoms with Crippen LogP contribution in [0.3, 0.4) is 0 Å². The van der Waals surface area contributed by atoms with Gasteiger partial charge in [0.1, 0.15) is 11.6 Å². The second kappa shape index (κ2) is 5.13. The van der Waals surface area contributed by atoms with E-state index in [0.717, 1.165) is 42.8 Å². The summed E-state index contributed by atoms with van der Waals surface area (Å²) in [4.78, 5) is 7.69. The monoisotopic (exact) mass is 260 g/mol. The zero-order valence-corrected chi connectivity index (χ0v) is 10.6. The number of nitrogens with one attached hydrogen (secondary N) is 1. The first kappa shape index (κ1) is 12.4. The Morgan fingerprint density at radius 2 is 2.00 bits per heavy atom. The average Bonchev–Trinajstić information content (AvgIpc) is 2.89. The van der Waals surface area contributed by atoms with Gasteiger partial charge in [-0.05, 0) is 37.8 Å². The molecule has 1 fully saturated rings. The molecule has 1 saturated carbocycles. The molecule has 2 N–H and O–H groups in total. The zero-order valence-electron chi connectivity index (χ0n) is 10.6. The van der Waals surface area contributed by atoms with E-state index in [-0.39, 0.29) is 11.9 Å². The molecule has 4 heteroatoms. The highest BCUT2D eigenvalue weighted by molar-refractivity contribution is 5.58. The summed E-state index contributed by atoms with van der Waals surface area (Å²) in [7, 11) is 0. The van der Waals surface area contributed by atoms with Crippen LogP contribution in [0.5, 0.6) is 0 Å². The lowest BCUT2D eigenvalue weighted by Gasteiger charge is -2.23. The van der Waals surface area contributed by atoms with E-state index in [1.54, 1.807) is 12.3 Å². The van der Waals surface area contributed by atoms with Crippen LogP contribution in [0, 0.1) is 5.82 Å². The Kier molecular flexibility index (Phi) is 3.34. The van der Waals surface area contributed by atoms with Crippen molar-refractivity contribution in [1.82, 2.24) is 9.97 Å². The second-order valence-corrected chi connectivity index (χ2v) is 5.20. The van der Waals surface area contributed by atoms with Crippen molar-refractivity contribution >= 4 is 0 Å². The molecule has 100 valence electrons. The maximum atomic E-state index is 13.2. The lowest BCUT2D eigenvalue weighted by Crippen LogP contribution is -2.17. The van der Waals surface area contributed by atoms with Crippen molar-refractivity contribution in [3.8, 4) is 11.3 Å². The average molecular weight is 260 g/mol. The standard InChI is InChI=1S/C15H17FN2O/c16-12-3-1-2-11(8-12)14-9-17-15(18-14)10-4-6-13(19)7-5-10/h1-3,8-10,13,19H,4-7H2,(H,17,18). The van der Waals surface area contributed by atoms with Crippen LogP contribution in [0.1, 0.15) is 37.4 Å². The number of hydrogen-bond acceptors (Lipinski definition) is 2. The molecule has 3 nitrogen and oxygen atoms in total. The lowest BCUT2D eigenvalue weighted by atomic mass is 9.87. The first-order chi connectivity index (χ1) is 9.22. The normalized spacial score (nSPS) is 23.5. The molecule has 1 aliphatic rings. The summed E-state index contributed by atoms with van der Waals surface area (Å²) >= 11 is 0. The molecule has 1 aliphatic carbocycles. The molecular weight excluding hydrogens is 243 g/mol. The van der Waals surface area contributed by atoms with E-state index in [4.69, 9.17) is 0 Å². The van der Waals surface area contributed by atoms with Crippen LogP contribution < -0.4 is 0 Å². The smallest absolute Gasteiger partial charge is 0.123 e. The molecule has 0 radical (unpaired) electrons. The Bertz CT molecular complexity index is 559. The molecule has 19 heavy (non-hydrogen) atoms. The first-order valence-corrected chi connectivity index (χ1v) is 6.71. The van der Waals surface area contributed by atoms with E-state index in [2.05, 4.69) is 9.97 Å². The number of aliphatic hydroxyl groups is 1. The molecule has 0 atom stereocenters. The summed E-state index contributed by atoms with van der Waals surface area (Å²) in [6.45, 7) is 0. The SMILES string of the molecule is OC1CCC(c2ncc(-c3cccc(F)c3)[nH]2)CC1. The molecule has 0 saturated heterocycles. The molecule has 3 rings (SSSR count). The van der Waals surface area contributed by atoms with Gasteiger partial charge in [0, 0.05) is 11.5 Å². The van der Waals surface area contributed by atoms with Gasteiger partial charge in [0.15, 0.2) is 0 Å². The number of aliphatic hydroxyl groups excluding tert-OH is 1. The molecule has 0 bridgehead atoms. The molecule has 0 spiro atoms. The van der Waals surface area contributed by atoms with Crippen molar-refractivity contribution < 1.29 is 9.50 Å². The van der Waals surface area contributed by atoms with Gasteiger partial charge in [-0.25, -0.2) is 9.37 Å². The van der Waals surface area contributed by atoms with E-state index >= 15 is 0 Å². The van der Waals surface area contributed by atoms with Crippen molar-refractivity contribution in [3.63, 3.8) is 0 Å². The van der Waals surface area contributed by atoms with Gasteiger partial charge in [-0.1, -0.05) is 12.1 Å². The summed E-state index contributed by atoms with van der Waals surface area (Å²) in [5, 5.41) is 9.52. The first-order valence-electron chi connectivity index (χ1n) is 6.71. The molecule has 0 unspecified atom stereocenters. The van der Waals surface area contributed by atoms with Crippen molar-refractivity contribution in [2.75, 3.05) is 0 Å². The molecule has 0 amide bonds. The predicted octanol–water partition coefficient (Wildman–Crippen LogP) is 3.23. The van der Waals surface area contributed by atoms with Crippen molar-refractivity contribution in [1.29, 1.82) is 0 Å². The number of imidazole rings is 1. The molecular formula is C15H17FN2O. The van der Waals surface area contributed by atoms with Gasteiger partial charge in [-0.3, -0.25) is 0 Å². The number of rotatable bonds is 2.